The Labute approximate surface area is 121 Å². The molecule has 1 aliphatic heterocycles. The maximum Gasteiger partial charge on any atom is 0.272 e. The van der Waals surface area contributed by atoms with E-state index >= 15 is 0 Å². The van der Waals surface area contributed by atoms with Gasteiger partial charge in [0.25, 0.3) is 5.91 Å². The molecule has 6 nitrogen and oxygen atoms in total. The lowest BCUT2D eigenvalue weighted by atomic mass is 10.1. The van der Waals surface area contributed by atoms with Gasteiger partial charge < -0.3 is 9.64 Å². The summed E-state index contributed by atoms with van der Waals surface area (Å²) in [5.74, 6) is -0.0241. The van der Waals surface area contributed by atoms with E-state index in [-0.39, 0.29) is 11.9 Å². The van der Waals surface area contributed by atoms with Gasteiger partial charge in [-0.1, -0.05) is 0 Å². The summed E-state index contributed by atoms with van der Waals surface area (Å²) in [6.45, 7) is 3.59. The van der Waals surface area contributed by atoms with E-state index in [1.165, 1.54) is 0 Å². The van der Waals surface area contributed by atoms with E-state index in [2.05, 4.69) is 10.1 Å². The summed E-state index contributed by atoms with van der Waals surface area (Å²) in [4.78, 5) is 19.0. The van der Waals surface area contributed by atoms with E-state index < -0.39 is 0 Å². The number of morpholine rings is 1. The Hall–Kier alpha value is -1.73. The van der Waals surface area contributed by atoms with E-state index in [0.717, 1.165) is 10.7 Å². The maximum absolute atomic E-state index is 12.7. The number of amides is 1. The molecule has 3 rings (SSSR count). The van der Waals surface area contributed by atoms with Gasteiger partial charge in [-0.15, -0.1) is 11.3 Å². The fraction of sp³-hybridized carbons (Fsp3) is 0.462. The fourth-order valence-electron chi connectivity index (χ4n) is 2.36. The van der Waals surface area contributed by atoms with Gasteiger partial charge >= 0.3 is 0 Å². The molecule has 1 amide bonds. The monoisotopic (exact) mass is 292 g/mol. The second-order valence-electron chi connectivity index (χ2n) is 4.72. The van der Waals surface area contributed by atoms with Gasteiger partial charge in [-0.3, -0.25) is 9.48 Å². The van der Waals surface area contributed by atoms with Crippen LogP contribution in [-0.4, -0.2) is 45.3 Å². The Kier molecular flexibility index (Phi) is 3.54. The average molecular weight is 292 g/mol. The summed E-state index contributed by atoms with van der Waals surface area (Å²) in [5.41, 5.74) is 1.49. The summed E-state index contributed by atoms with van der Waals surface area (Å²) < 4.78 is 7.12. The van der Waals surface area contributed by atoms with Crippen molar-refractivity contribution in [1.82, 2.24) is 19.7 Å². The van der Waals surface area contributed by atoms with Crippen LogP contribution in [0.15, 0.2) is 17.6 Å². The van der Waals surface area contributed by atoms with E-state index in [0.29, 0.717) is 25.5 Å². The molecule has 0 spiro atoms. The van der Waals surface area contributed by atoms with Crippen molar-refractivity contribution in [2.24, 2.45) is 7.05 Å². The van der Waals surface area contributed by atoms with Crippen LogP contribution in [0.3, 0.4) is 0 Å². The van der Waals surface area contributed by atoms with Crippen LogP contribution in [0.5, 0.6) is 0 Å². The van der Waals surface area contributed by atoms with Crippen LogP contribution in [0.25, 0.3) is 0 Å². The number of ether oxygens (including phenoxy) is 1. The summed E-state index contributed by atoms with van der Waals surface area (Å²) in [7, 11) is 1.77. The van der Waals surface area contributed by atoms with Gasteiger partial charge in [-0.25, -0.2) is 4.98 Å². The minimum Gasteiger partial charge on any atom is -0.377 e. The van der Waals surface area contributed by atoms with Crippen molar-refractivity contribution in [3.63, 3.8) is 0 Å². The predicted octanol–water partition coefficient (Wildman–Crippen LogP) is 1.40. The summed E-state index contributed by atoms with van der Waals surface area (Å²) in [5, 5.41) is 7.06. The quantitative estimate of drug-likeness (QED) is 0.839. The van der Waals surface area contributed by atoms with Crippen molar-refractivity contribution >= 4 is 17.2 Å². The number of carbonyl (C=O) groups is 1. The molecule has 3 heterocycles. The third-order valence-corrected chi connectivity index (χ3v) is 4.20. The van der Waals surface area contributed by atoms with E-state index in [4.69, 9.17) is 4.74 Å². The van der Waals surface area contributed by atoms with E-state index in [9.17, 15) is 4.79 Å². The molecular formula is C13H16N4O2S. The van der Waals surface area contributed by atoms with Gasteiger partial charge in [0, 0.05) is 25.2 Å². The number of rotatable bonds is 2. The van der Waals surface area contributed by atoms with Crippen molar-refractivity contribution < 1.29 is 9.53 Å². The number of thiazole rings is 1. The first-order valence-corrected chi connectivity index (χ1v) is 7.33. The SMILES string of the molecule is Cc1nc(C2COCCN2C(=O)c2ccnn2C)cs1. The van der Waals surface area contributed by atoms with Crippen molar-refractivity contribution in [2.75, 3.05) is 19.8 Å². The topological polar surface area (TPSA) is 60.2 Å². The molecule has 0 aliphatic carbocycles. The van der Waals surface area contributed by atoms with Crippen LogP contribution in [0.1, 0.15) is 27.2 Å². The highest BCUT2D eigenvalue weighted by molar-refractivity contribution is 7.09. The zero-order valence-corrected chi connectivity index (χ0v) is 12.3. The third kappa shape index (κ3) is 2.34. The first kappa shape index (κ1) is 13.3. The van der Waals surface area contributed by atoms with Crippen LogP contribution in [0.4, 0.5) is 0 Å². The standard InChI is InChI=1S/C13H16N4O2S/c1-9-15-10(8-20-9)12-7-19-6-5-17(12)13(18)11-3-4-14-16(11)2/h3-4,8,12H,5-7H2,1-2H3. The Morgan fingerprint density at radius 3 is 3.05 bits per heavy atom. The molecule has 1 saturated heterocycles. The Morgan fingerprint density at radius 2 is 2.40 bits per heavy atom. The Balaban J connectivity index is 1.89. The minimum absolute atomic E-state index is 0.0241. The van der Waals surface area contributed by atoms with Crippen molar-refractivity contribution in [2.45, 2.75) is 13.0 Å². The van der Waals surface area contributed by atoms with Crippen molar-refractivity contribution in [3.8, 4) is 0 Å². The average Bonchev–Trinajstić information content (AvgIpc) is 3.07. The molecule has 7 heteroatoms. The zero-order valence-electron chi connectivity index (χ0n) is 11.4. The minimum atomic E-state index is -0.115. The highest BCUT2D eigenvalue weighted by Gasteiger charge is 2.31. The number of nitrogens with zero attached hydrogens (tertiary/aromatic N) is 4. The zero-order chi connectivity index (χ0) is 14.1. The van der Waals surface area contributed by atoms with E-state index in [1.54, 1.807) is 35.3 Å². The van der Waals surface area contributed by atoms with Crippen molar-refractivity contribution in [1.29, 1.82) is 0 Å². The molecule has 0 aromatic carbocycles. The van der Waals surface area contributed by atoms with Gasteiger partial charge in [-0.2, -0.15) is 5.10 Å². The number of carbonyl (C=O) groups excluding carboxylic acids is 1. The number of aryl methyl sites for hydroxylation is 2. The largest absolute Gasteiger partial charge is 0.377 e. The number of hydrogen-bond acceptors (Lipinski definition) is 5. The van der Waals surface area contributed by atoms with Gasteiger partial charge in [0.2, 0.25) is 0 Å². The smallest absolute Gasteiger partial charge is 0.272 e. The molecule has 0 N–H and O–H groups in total. The molecule has 1 unspecified atom stereocenters. The molecule has 2 aromatic heterocycles. The van der Waals surface area contributed by atoms with Gasteiger partial charge in [0.15, 0.2) is 0 Å². The van der Waals surface area contributed by atoms with Crippen LogP contribution < -0.4 is 0 Å². The molecule has 0 bridgehead atoms. The molecule has 1 fully saturated rings. The number of aromatic nitrogens is 3. The van der Waals surface area contributed by atoms with E-state index in [1.807, 2.05) is 17.2 Å². The lowest BCUT2D eigenvalue weighted by molar-refractivity contribution is -0.00432. The number of hydrogen-bond donors (Lipinski definition) is 0. The van der Waals surface area contributed by atoms with Crippen LogP contribution in [0.2, 0.25) is 0 Å². The van der Waals surface area contributed by atoms with Crippen LogP contribution in [0, 0.1) is 6.92 Å². The lowest BCUT2D eigenvalue weighted by Gasteiger charge is -2.34. The molecule has 20 heavy (non-hydrogen) atoms. The second kappa shape index (κ2) is 5.34. The normalized spacial score (nSPS) is 19.3. The van der Waals surface area contributed by atoms with Crippen LogP contribution in [-0.2, 0) is 11.8 Å². The van der Waals surface area contributed by atoms with Gasteiger partial charge in [0.1, 0.15) is 5.69 Å². The van der Waals surface area contributed by atoms with Gasteiger partial charge in [0.05, 0.1) is 30.0 Å². The predicted molar refractivity (Wildman–Crippen MR) is 74.7 cm³/mol. The first-order chi connectivity index (χ1) is 9.66. The lowest BCUT2D eigenvalue weighted by Crippen LogP contribution is -2.44. The maximum atomic E-state index is 12.7. The molecule has 0 radical (unpaired) electrons. The van der Waals surface area contributed by atoms with Crippen LogP contribution >= 0.6 is 11.3 Å². The Morgan fingerprint density at radius 1 is 1.55 bits per heavy atom. The summed E-state index contributed by atoms with van der Waals surface area (Å²) in [6.07, 6.45) is 1.63. The molecule has 0 saturated carbocycles. The molecule has 1 atom stereocenters. The molecule has 2 aromatic rings. The highest BCUT2D eigenvalue weighted by atomic mass is 32.1. The fourth-order valence-corrected chi connectivity index (χ4v) is 3.02. The molecule has 1 aliphatic rings. The molecule has 106 valence electrons. The molecular weight excluding hydrogens is 276 g/mol. The second-order valence-corrected chi connectivity index (χ2v) is 5.78. The third-order valence-electron chi connectivity index (χ3n) is 3.41. The highest BCUT2D eigenvalue weighted by Crippen LogP contribution is 2.26. The first-order valence-electron chi connectivity index (χ1n) is 6.45. The summed E-state index contributed by atoms with van der Waals surface area (Å²) in [6, 6.07) is 1.62. The van der Waals surface area contributed by atoms with Crippen molar-refractivity contribution in [3.05, 3.63) is 34.0 Å². The summed E-state index contributed by atoms with van der Waals surface area (Å²) >= 11 is 1.59. The van der Waals surface area contributed by atoms with Gasteiger partial charge in [-0.05, 0) is 13.0 Å². The Bertz CT molecular complexity index is 621.